The Morgan fingerprint density at radius 3 is 2.05 bits per heavy atom. The quantitative estimate of drug-likeness (QED) is 0.641. The fourth-order valence-electron chi connectivity index (χ4n) is 2.94. The average molecular weight is 307 g/mol. The third-order valence-electron chi connectivity index (χ3n) is 4.95. The van der Waals surface area contributed by atoms with E-state index in [-0.39, 0.29) is 17.6 Å². The lowest BCUT2D eigenvalue weighted by atomic mass is 9.64. The summed E-state index contributed by atoms with van der Waals surface area (Å²) in [4.78, 5) is 25.1. The second-order valence-electron chi connectivity index (χ2n) is 7.92. The van der Waals surface area contributed by atoms with E-state index in [0.717, 1.165) is 0 Å². The first-order chi connectivity index (χ1) is 9.91. The molecule has 0 aliphatic carbocycles. The van der Waals surface area contributed by atoms with Gasteiger partial charge in [-0.2, -0.15) is 0 Å². The number of Topliss-reactive ketones (excluding diaryl/α,β-unsaturated/α-hetero) is 1. The zero-order valence-corrected chi connectivity index (χ0v) is 14.6. The molecule has 2 aliphatic rings. The third-order valence-corrected chi connectivity index (χ3v) is 4.95. The molecule has 0 aromatic rings. The predicted molar refractivity (Wildman–Crippen MR) is 84.9 cm³/mol. The van der Waals surface area contributed by atoms with E-state index in [2.05, 4.69) is 5.32 Å². The molecule has 0 aromatic carbocycles. The van der Waals surface area contributed by atoms with Crippen molar-refractivity contribution in [1.29, 1.82) is 0 Å². The van der Waals surface area contributed by atoms with E-state index in [9.17, 15) is 9.59 Å². The highest BCUT2D eigenvalue weighted by Crippen LogP contribution is 2.41. The number of amides is 1. The van der Waals surface area contributed by atoms with Crippen LogP contribution in [-0.4, -0.2) is 30.0 Å². The van der Waals surface area contributed by atoms with Gasteiger partial charge < -0.3 is 14.6 Å². The summed E-state index contributed by atoms with van der Waals surface area (Å²) in [5.41, 5.74) is -1.72. The minimum Gasteiger partial charge on any atom is -0.399 e. The van der Waals surface area contributed by atoms with E-state index in [1.165, 1.54) is 6.20 Å². The summed E-state index contributed by atoms with van der Waals surface area (Å²) in [5.74, 6) is -0.229. The molecule has 1 amide bonds. The van der Waals surface area contributed by atoms with Crippen LogP contribution in [0.1, 0.15) is 54.9 Å². The Kier molecular flexibility index (Phi) is 4.07. The van der Waals surface area contributed by atoms with E-state index in [0.29, 0.717) is 11.9 Å². The van der Waals surface area contributed by atoms with E-state index >= 15 is 0 Å². The minimum atomic E-state index is -1.07. The number of ketones is 1. The lowest BCUT2D eigenvalue weighted by molar-refractivity contribution is -0.140. The van der Waals surface area contributed by atoms with Crippen molar-refractivity contribution in [2.75, 3.05) is 0 Å². The normalized spacial score (nSPS) is 30.5. The first kappa shape index (κ1) is 17.2. The number of nitrogens with one attached hydrogen (secondary N) is 1. The number of carbonyl (C=O) groups excluding carboxylic acids is 2. The molecule has 0 saturated carbocycles. The van der Waals surface area contributed by atoms with Gasteiger partial charge in [-0.25, -0.2) is 0 Å². The molecular formula is C16H26BNO4. The molecule has 0 bridgehead atoms. The van der Waals surface area contributed by atoms with Gasteiger partial charge in [0, 0.05) is 11.7 Å². The summed E-state index contributed by atoms with van der Waals surface area (Å²) in [6.45, 7) is 13.4. The first-order valence-corrected chi connectivity index (χ1v) is 7.82. The Morgan fingerprint density at radius 2 is 1.59 bits per heavy atom. The Balaban J connectivity index is 2.31. The summed E-state index contributed by atoms with van der Waals surface area (Å²) in [6, 6.07) is 0. The zero-order valence-electron chi connectivity index (χ0n) is 14.6. The van der Waals surface area contributed by atoms with Gasteiger partial charge in [0.25, 0.3) is 0 Å². The molecule has 0 spiro atoms. The van der Waals surface area contributed by atoms with Gasteiger partial charge in [-0.05, 0) is 47.0 Å². The average Bonchev–Trinajstić information content (AvgIpc) is 2.55. The molecule has 1 saturated heterocycles. The van der Waals surface area contributed by atoms with Gasteiger partial charge in [0.1, 0.15) is 5.41 Å². The second-order valence-corrected chi connectivity index (χ2v) is 7.92. The number of rotatable bonds is 3. The Labute approximate surface area is 133 Å². The topological polar surface area (TPSA) is 64.6 Å². The lowest BCUT2D eigenvalue weighted by Crippen LogP contribution is -2.51. The highest BCUT2D eigenvalue weighted by molar-refractivity contribution is 6.63. The van der Waals surface area contributed by atoms with Crippen LogP contribution in [0.25, 0.3) is 0 Å². The minimum absolute atomic E-state index is 0.205. The maximum Gasteiger partial charge on any atom is 0.500 e. The molecule has 6 heteroatoms. The molecular weight excluding hydrogens is 281 g/mol. The second kappa shape index (κ2) is 5.20. The standard InChI is InChI=1S/C16H26BNO4/c1-10(2)8-16(7)12(19)11(9-18-13(16)20)17-21-14(3,4)15(5,6)22-17/h9-10H,8H2,1-7H3,(H,18,20). The predicted octanol–water partition coefficient (Wildman–Crippen LogP) is 2.25. The molecule has 122 valence electrons. The van der Waals surface area contributed by atoms with Gasteiger partial charge in [-0.3, -0.25) is 9.59 Å². The van der Waals surface area contributed by atoms with Crippen LogP contribution < -0.4 is 5.32 Å². The summed E-state index contributed by atoms with van der Waals surface area (Å²) in [6.07, 6.45) is 1.93. The highest BCUT2D eigenvalue weighted by atomic mass is 16.7. The zero-order chi connectivity index (χ0) is 16.9. The molecule has 0 radical (unpaired) electrons. The fourth-order valence-corrected chi connectivity index (χ4v) is 2.94. The van der Waals surface area contributed by atoms with Crippen LogP contribution in [0.15, 0.2) is 11.7 Å². The largest absolute Gasteiger partial charge is 0.500 e. The van der Waals surface area contributed by atoms with E-state index < -0.39 is 23.7 Å². The number of carbonyl (C=O) groups is 2. The Bertz CT molecular complexity index is 522. The van der Waals surface area contributed by atoms with Crippen LogP contribution in [0.5, 0.6) is 0 Å². The van der Waals surface area contributed by atoms with Gasteiger partial charge in [0.15, 0.2) is 5.78 Å². The van der Waals surface area contributed by atoms with Gasteiger partial charge >= 0.3 is 7.12 Å². The van der Waals surface area contributed by atoms with Crippen molar-refractivity contribution in [1.82, 2.24) is 5.32 Å². The molecule has 1 atom stereocenters. The highest BCUT2D eigenvalue weighted by Gasteiger charge is 2.57. The van der Waals surface area contributed by atoms with Gasteiger partial charge in [-0.1, -0.05) is 13.8 Å². The smallest absolute Gasteiger partial charge is 0.399 e. The van der Waals surface area contributed by atoms with Crippen molar-refractivity contribution in [3.8, 4) is 0 Å². The first-order valence-electron chi connectivity index (χ1n) is 7.82. The maximum atomic E-state index is 12.9. The van der Waals surface area contributed by atoms with E-state index in [1.54, 1.807) is 6.92 Å². The lowest BCUT2D eigenvalue weighted by Gasteiger charge is -2.32. The molecule has 5 nitrogen and oxygen atoms in total. The molecule has 1 unspecified atom stereocenters. The SMILES string of the molecule is CC(C)CC1(C)C(=O)NC=C(B2OC(C)(C)C(C)(C)O2)C1=O. The van der Waals surface area contributed by atoms with Crippen LogP contribution in [-0.2, 0) is 18.9 Å². The molecule has 1 N–H and O–H groups in total. The number of hydrogen-bond acceptors (Lipinski definition) is 4. The van der Waals surface area contributed by atoms with Crippen LogP contribution in [0.3, 0.4) is 0 Å². The maximum absolute atomic E-state index is 12.9. The van der Waals surface area contributed by atoms with Gasteiger partial charge in [0.2, 0.25) is 5.91 Å². The summed E-state index contributed by atoms with van der Waals surface area (Å²) in [5, 5.41) is 2.71. The number of hydrogen-bond donors (Lipinski definition) is 1. The third kappa shape index (κ3) is 2.63. The van der Waals surface area contributed by atoms with Crippen molar-refractivity contribution < 1.29 is 18.9 Å². The molecule has 22 heavy (non-hydrogen) atoms. The van der Waals surface area contributed by atoms with Gasteiger partial charge in [-0.15, -0.1) is 0 Å². The van der Waals surface area contributed by atoms with Crippen molar-refractivity contribution >= 4 is 18.8 Å². The summed E-state index contributed by atoms with van der Waals surface area (Å²) < 4.78 is 11.9. The molecule has 2 rings (SSSR count). The Morgan fingerprint density at radius 1 is 1.09 bits per heavy atom. The van der Waals surface area contributed by atoms with Crippen LogP contribution in [0, 0.1) is 11.3 Å². The molecule has 1 fully saturated rings. The molecule has 2 aliphatic heterocycles. The van der Waals surface area contributed by atoms with Crippen LogP contribution in [0.2, 0.25) is 0 Å². The van der Waals surface area contributed by atoms with Crippen molar-refractivity contribution in [3.63, 3.8) is 0 Å². The van der Waals surface area contributed by atoms with E-state index in [1.807, 2.05) is 41.5 Å². The molecule has 2 heterocycles. The summed E-state index contributed by atoms with van der Waals surface area (Å²) >= 11 is 0. The van der Waals surface area contributed by atoms with E-state index in [4.69, 9.17) is 9.31 Å². The van der Waals surface area contributed by atoms with Crippen molar-refractivity contribution in [2.24, 2.45) is 11.3 Å². The fraction of sp³-hybridized carbons (Fsp3) is 0.750. The monoisotopic (exact) mass is 307 g/mol. The van der Waals surface area contributed by atoms with Crippen LogP contribution >= 0.6 is 0 Å². The Hall–Kier alpha value is -1.14. The molecule has 0 aromatic heterocycles. The van der Waals surface area contributed by atoms with Crippen molar-refractivity contribution in [2.45, 2.75) is 66.1 Å². The van der Waals surface area contributed by atoms with Gasteiger partial charge in [0.05, 0.1) is 11.2 Å². The summed E-state index contributed by atoms with van der Waals surface area (Å²) in [7, 11) is -0.746. The number of allylic oxidation sites excluding steroid dienone is 1. The van der Waals surface area contributed by atoms with Crippen LogP contribution in [0.4, 0.5) is 0 Å². The van der Waals surface area contributed by atoms with Crippen molar-refractivity contribution in [3.05, 3.63) is 11.7 Å².